The summed E-state index contributed by atoms with van der Waals surface area (Å²) in [6.07, 6.45) is 7.84. The van der Waals surface area contributed by atoms with Crippen LogP contribution in [0.2, 0.25) is 0 Å². The van der Waals surface area contributed by atoms with Crippen molar-refractivity contribution in [2.45, 2.75) is 38.1 Å². The largest absolute Gasteiger partial charge is 0.395 e. The third-order valence-electron chi connectivity index (χ3n) is 3.56. The van der Waals surface area contributed by atoms with Crippen LogP contribution in [0.3, 0.4) is 0 Å². The molecule has 0 saturated heterocycles. The number of hydrogen-bond donors (Lipinski definition) is 2. The van der Waals surface area contributed by atoms with Crippen LogP contribution < -0.4 is 10.2 Å². The van der Waals surface area contributed by atoms with E-state index in [0.717, 1.165) is 11.6 Å². The smallest absolute Gasteiger partial charge is 0.134 e. The number of anilines is 2. The molecule has 0 bridgehead atoms. The van der Waals surface area contributed by atoms with Gasteiger partial charge in [-0.1, -0.05) is 19.3 Å². The summed E-state index contributed by atoms with van der Waals surface area (Å²) in [4.78, 5) is 10.7. The minimum atomic E-state index is 0.162. The summed E-state index contributed by atoms with van der Waals surface area (Å²) in [5, 5.41) is 12.3. The van der Waals surface area contributed by atoms with Crippen LogP contribution in [0.25, 0.3) is 0 Å². The van der Waals surface area contributed by atoms with Crippen LogP contribution >= 0.6 is 0 Å². The number of nitrogens with zero attached hydrogens (tertiary/aromatic N) is 3. The van der Waals surface area contributed by atoms with Crippen molar-refractivity contribution in [3.63, 3.8) is 0 Å². The molecule has 5 heteroatoms. The van der Waals surface area contributed by atoms with Gasteiger partial charge in [0.05, 0.1) is 6.61 Å². The van der Waals surface area contributed by atoms with Crippen LogP contribution in [-0.4, -0.2) is 41.3 Å². The van der Waals surface area contributed by atoms with Crippen molar-refractivity contribution >= 4 is 11.6 Å². The topological polar surface area (TPSA) is 61.3 Å². The lowest BCUT2D eigenvalue weighted by Gasteiger charge is -2.34. The molecule has 1 aliphatic rings. The zero-order valence-corrected chi connectivity index (χ0v) is 11.0. The van der Waals surface area contributed by atoms with Crippen LogP contribution in [0.4, 0.5) is 11.6 Å². The molecular formula is C13H22N4O. The van der Waals surface area contributed by atoms with E-state index in [0.29, 0.717) is 12.6 Å². The van der Waals surface area contributed by atoms with Gasteiger partial charge in [-0.15, -0.1) is 0 Å². The van der Waals surface area contributed by atoms with E-state index in [9.17, 15) is 5.11 Å². The van der Waals surface area contributed by atoms with Gasteiger partial charge < -0.3 is 15.3 Å². The monoisotopic (exact) mass is 250 g/mol. The zero-order valence-electron chi connectivity index (χ0n) is 11.0. The molecule has 1 aromatic rings. The summed E-state index contributed by atoms with van der Waals surface area (Å²) < 4.78 is 0. The van der Waals surface area contributed by atoms with Gasteiger partial charge in [-0.3, -0.25) is 0 Å². The molecule has 1 aromatic heterocycles. The molecular weight excluding hydrogens is 228 g/mol. The molecule has 1 heterocycles. The molecule has 100 valence electrons. The lowest BCUT2D eigenvalue weighted by atomic mass is 9.94. The van der Waals surface area contributed by atoms with Crippen LogP contribution in [0, 0.1) is 0 Å². The quantitative estimate of drug-likeness (QED) is 0.832. The highest BCUT2D eigenvalue weighted by molar-refractivity contribution is 5.48. The summed E-state index contributed by atoms with van der Waals surface area (Å²) in [6, 6.07) is 2.45. The number of nitrogens with one attached hydrogen (secondary N) is 1. The van der Waals surface area contributed by atoms with E-state index in [1.165, 1.54) is 32.1 Å². The van der Waals surface area contributed by atoms with Gasteiger partial charge in [0, 0.05) is 25.7 Å². The van der Waals surface area contributed by atoms with Gasteiger partial charge in [-0.05, 0) is 12.8 Å². The van der Waals surface area contributed by atoms with Gasteiger partial charge in [0.2, 0.25) is 0 Å². The lowest BCUT2D eigenvalue weighted by molar-refractivity contribution is 0.289. The van der Waals surface area contributed by atoms with Gasteiger partial charge in [0.15, 0.2) is 0 Å². The van der Waals surface area contributed by atoms with Crippen molar-refractivity contribution < 1.29 is 5.11 Å². The standard InChI is InChI=1S/C13H22N4O/c1-14-12-9-13(16-10-15-12)17(7-8-18)11-5-3-2-4-6-11/h9-11,18H,2-8H2,1H3,(H,14,15,16). The fourth-order valence-electron chi connectivity index (χ4n) is 2.63. The highest BCUT2D eigenvalue weighted by atomic mass is 16.3. The molecule has 5 nitrogen and oxygen atoms in total. The molecule has 0 unspecified atom stereocenters. The first-order valence-electron chi connectivity index (χ1n) is 6.72. The van der Waals surface area contributed by atoms with Gasteiger partial charge in [0.25, 0.3) is 0 Å². The Balaban J connectivity index is 2.16. The highest BCUT2D eigenvalue weighted by Gasteiger charge is 2.22. The summed E-state index contributed by atoms with van der Waals surface area (Å²) in [5.41, 5.74) is 0. The Hall–Kier alpha value is -1.36. The molecule has 1 saturated carbocycles. The summed E-state index contributed by atoms with van der Waals surface area (Å²) >= 11 is 0. The second-order valence-electron chi connectivity index (χ2n) is 4.72. The lowest BCUT2D eigenvalue weighted by Crippen LogP contribution is -2.39. The Kier molecular flexibility index (Phi) is 4.75. The second-order valence-corrected chi connectivity index (χ2v) is 4.72. The predicted molar refractivity (Wildman–Crippen MR) is 72.9 cm³/mol. The van der Waals surface area contributed by atoms with Crippen LogP contribution in [0.15, 0.2) is 12.4 Å². The molecule has 0 amide bonds. The average Bonchev–Trinajstić information content (AvgIpc) is 2.46. The number of hydrogen-bond acceptors (Lipinski definition) is 5. The van der Waals surface area contributed by atoms with Gasteiger partial charge >= 0.3 is 0 Å². The van der Waals surface area contributed by atoms with E-state index < -0.39 is 0 Å². The molecule has 0 aromatic carbocycles. The Bertz CT molecular complexity index is 366. The molecule has 0 radical (unpaired) electrons. The minimum absolute atomic E-state index is 0.162. The van der Waals surface area contributed by atoms with Crippen molar-refractivity contribution in [3.8, 4) is 0 Å². The number of aliphatic hydroxyl groups excluding tert-OH is 1. The summed E-state index contributed by atoms with van der Waals surface area (Å²) in [7, 11) is 1.85. The molecule has 1 fully saturated rings. The Morgan fingerprint density at radius 2 is 2.11 bits per heavy atom. The van der Waals surface area contributed by atoms with E-state index in [1.807, 2.05) is 13.1 Å². The van der Waals surface area contributed by atoms with Crippen LogP contribution in [0.1, 0.15) is 32.1 Å². The van der Waals surface area contributed by atoms with Crippen molar-refractivity contribution in [2.24, 2.45) is 0 Å². The van der Waals surface area contributed by atoms with Crippen LogP contribution in [0.5, 0.6) is 0 Å². The van der Waals surface area contributed by atoms with Gasteiger partial charge in [-0.2, -0.15) is 0 Å². The first kappa shape index (κ1) is 13.1. The Labute approximate surface area is 108 Å². The number of rotatable bonds is 5. The molecule has 0 aliphatic heterocycles. The maximum Gasteiger partial charge on any atom is 0.134 e. The minimum Gasteiger partial charge on any atom is -0.395 e. The SMILES string of the molecule is CNc1cc(N(CCO)C2CCCCC2)ncn1. The molecule has 0 spiro atoms. The van der Waals surface area contributed by atoms with E-state index in [2.05, 4.69) is 20.2 Å². The highest BCUT2D eigenvalue weighted by Crippen LogP contribution is 2.26. The van der Waals surface area contributed by atoms with Gasteiger partial charge in [-0.25, -0.2) is 9.97 Å². The number of aliphatic hydroxyl groups is 1. The zero-order chi connectivity index (χ0) is 12.8. The average molecular weight is 250 g/mol. The maximum atomic E-state index is 9.25. The van der Waals surface area contributed by atoms with E-state index >= 15 is 0 Å². The van der Waals surface area contributed by atoms with E-state index in [-0.39, 0.29) is 6.61 Å². The normalized spacial score (nSPS) is 16.6. The molecule has 1 aliphatic carbocycles. The number of aromatic nitrogens is 2. The van der Waals surface area contributed by atoms with Crippen molar-refractivity contribution in [3.05, 3.63) is 12.4 Å². The molecule has 2 N–H and O–H groups in total. The van der Waals surface area contributed by atoms with E-state index in [4.69, 9.17) is 0 Å². The summed E-state index contributed by atoms with van der Waals surface area (Å²) in [5.74, 6) is 1.73. The van der Waals surface area contributed by atoms with Gasteiger partial charge in [0.1, 0.15) is 18.0 Å². The third-order valence-corrected chi connectivity index (χ3v) is 3.56. The molecule has 18 heavy (non-hydrogen) atoms. The first-order valence-corrected chi connectivity index (χ1v) is 6.72. The molecule has 0 atom stereocenters. The maximum absolute atomic E-state index is 9.25. The van der Waals surface area contributed by atoms with Crippen LogP contribution in [-0.2, 0) is 0 Å². The Morgan fingerprint density at radius 1 is 1.33 bits per heavy atom. The summed E-state index contributed by atoms with van der Waals surface area (Å²) in [6.45, 7) is 0.806. The van der Waals surface area contributed by atoms with Crippen molar-refractivity contribution in [1.82, 2.24) is 9.97 Å². The third kappa shape index (κ3) is 3.10. The predicted octanol–water partition coefficient (Wildman–Crippen LogP) is 1.65. The Morgan fingerprint density at radius 3 is 2.78 bits per heavy atom. The van der Waals surface area contributed by atoms with Crippen molar-refractivity contribution in [2.75, 3.05) is 30.4 Å². The fraction of sp³-hybridized carbons (Fsp3) is 0.692. The first-order chi connectivity index (χ1) is 8.85. The molecule has 2 rings (SSSR count). The fourth-order valence-corrected chi connectivity index (χ4v) is 2.63. The van der Waals surface area contributed by atoms with Crippen molar-refractivity contribution in [1.29, 1.82) is 0 Å². The second kappa shape index (κ2) is 6.54. The van der Waals surface area contributed by atoms with E-state index in [1.54, 1.807) is 6.33 Å².